The zero-order valence-corrected chi connectivity index (χ0v) is 18.6. The fraction of sp³-hybridized carbons (Fsp3) is 0.706. The molecule has 1 saturated carbocycles. The first kappa shape index (κ1) is 22.5. The van der Waals surface area contributed by atoms with E-state index in [2.05, 4.69) is 20.7 Å². The molecule has 0 spiro atoms. The molecule has 1 amide bonds. The van der Waals surface area contributed by atoms with Crippen LogP contribution in [0.5, 0.6) is 0 Å². The first-order valence-corrected chi connectivity index (χ1v) is 8.71. The number of aryl methyl sites for hydroxylation is 1. The molecule has 8 nitrogen and oxygen atoms in total. The molecular formula is C17H31IN6O2. The quantitative estimate of drug-likeness (QED) is 0.372. The highest BCUT2D eigenvalue weighted by molar-refractivity contribution is 14.0. The number of aromatic nitrogens is 2. The van der Waals surface area contributed by atoms with Gasteiger partial charge in [0.15, 0.2) is 5.96 Å². The fourth-order valence-electron chi connectivity index (χ4n) is 2.39. The Morgan fingerprint density at radius 1 is 1.42 bits per heavy atom. The van der Waals surface area contributed by atoms with Crippen molar-refractivity contribution in [1.82, 2.24) is 25.3 Å². The summed E-state index contributed by atoms with van der Waals surface area (Å²) in [6.45, 7) is 7.50. The van der Waals surface area contributed by atoms with E-state index in [0.29, 0.717) is 31.6 Å². The highest BCUT2D eigenvalue weighted by Crippen LogP contribution is 2.27. The molecule has 0 aromatic carbocycles. The van der Waals surface area contributed by atoms with Crippen molar-refractivity contribution in [1.29, 1.82) is 0 Å². The van der Waals surface area contributed by atoms with Crippen LogP contribution in [-0.4, -0.2) is 58.5 Å². The lowest BCUT2D eigenvalue weighted by Crippen LogP contribution is -2.45. The molecular weight excluding hydrogens is 447 g/mol. The van der Waals surface area contributed by atoms with Gasteiger partial charge >= 0.3 is 6.09 Å². The van der Waals surface area contributed by atoms with E-state index in [0.717, 1.165) is 18.5 Å². The number of hydrogen-bond acceptors (Lipinski definition) is 4. The fourth-order valence-corrected chi connectivity index (χ4v) is 2.39. The van der Waals surface area contributed by atoms with Gasteiger partial charge in [0.25, 0.3) is 0 Å². The Kier molecular flexibility index (Phi) is 8.65. The van der Waals surface area contributed by atoms with Crippen LogP contribution in [0.15, 0.2) is 17.3 Å². The van der Waals surface area contributed by atoms with Crippen molar-refractivity contribution in [2.24, 2.45) is 12.0 Å². The largest absolute Gasteiger partial charge is 0.444 e. The molecule has 26 heavy (non-hydrogen) atoms. The van der Waals surface area contributed by atoms with Crippen LogP contribution in [-0.2, 0) is 18.3 Å². The third kappa shape index (κ3) is 7.38. The highest BCUT2D eigenvalue weighted by Gasteiger charge is 2.34. The summed E-state index contributed by atoms with van der Waals surface area (Å²) >= 11 is 0. The smallest absolute Gasteiger partial charge is 0.410 e. The van der Waals surface area contributed by atoms with Crippen molar-refractivity contribution in [2.75, 3.05) is 20.1 Å². The Labute approximate surface area is 172 Å². The van der Waals surface area contributed by atoms with Crippen LogP contribution in [0.25, 0.3) is 0 Å². The van der Waals surface area contributed by atoms with Gasteiger partial charge in [-0.2, -0.15) is 5.10 Å². The predicted octanol–water partition coefficient (Wildman–Crippen LogP) is 2.10. The van der Waals surface area contributed by atoms with Gasteiger partial charge in [-0.1, -0.05) is 0 Å². The van der Waals surface area contributed by atoms with Crippen LogP contribution in [0.3, 0.4) is 0 Å². The lowest BCUT2D eigenvalue weighted by atomic mass is 10.2. The number of carbonyl (C=O) groups is 1. The molecule has 1 heterocycles. The Morgan fingerprint density at radius 2 is 2.12 bits per heavy atom. The molecule has 1 aliphatic rings. The van der Waals surface area contributed by atoms with Crippen molar-refractivity contribution in [3.05, 3.63) is 18.0 Å². The average molecular weight is 478 g/mol. The molecule has 2 rings (SSSR count). The number of guanidine groups is 1. The van der Waals surface area contributed by atoms with Crippen molar-refractivity contribution < 1.29 is 9.53 Å². The Morgan fingerprint density at radius 3 is 2.62 bits per heavy atom. The van der Waals surface area contributed by atoms with E-state index in [4.69, 9.17) is 4.74 Å². The van der Waals surface area contributed by atoms with Crippen molar-refractivity contribution in [3.63, 3.8) is 0 Å². The van der Waals surface area contributed by atoms with Crippen LogP contribution >= 0.6 is 24.0 Å². The van der Waals surface area contributed by atoms with E-state index in [1.165, 1.54) is 0 Å². The second kappa shape index (κ2) is 9.98. The maximum atomic E-state index is 12.3. The molecule has 0 saturated heterocycles. The number of ether oxygens (including phenoxy) is 1. The van der Waals surface area contributed by atoms with E-state index in [1.54, 1.807) is 13.2 Å². The first-order chi connectivity index (χ1) is 11.8. The van der Waals surface area contributed by atoms with Gasteiger partial charge < -0.3 is 20.3 Å². The zero-order chi connectivity index (χ0) is 18.4. The standard InChI is InChI=1S/C17H30N6O2.HI/c1-17(2,3)25-16(24)23(13-6-7-13)11-10-19-15(18-4)20-12-14-8-9-21-22(14)5;/h8-9,13H,6-7,10-12H2,1-5H3,(H2,18,19,20);1H. The number of halogens is 1. The third-order valence-electron chi connectivity index (χ3n) is 3.84. The summed E-state index contributed by atoms with van der Waals surface area (Å²) in [6, 6.07) is 2.26. The average Bonchev–Trinajstić information content (AvgIpc) is 3.27. The van der Waals surface area contributed by atoms with Crippen LogP contribution in [0.2, 0.25) is 0 Å². The minimum atomic E-state index is -0.474. The highest BCUT2D eigenvalue weighted by atomic mass is 127. The minimum Gasteiger partial charge on any atom is -0.444 e. The maximum absolute atomic E-state index is 12.3. The zero-order valence-electron chi connectivity index (χ0n) is 16.3. The molecule has 0 unspecified atom stereocenters. The number of hydrogen-bond donors (Lipinski definition) is 2. The molecule has 1 aromatic rings. The molecule has 9 heteroatoms. The van der Waals surface area contributed by atoms with Gasteiger partial charge in [-0.15, -0.1) is 24.0 Å². The molecule has 0 atom stereocenters. The number of aliphatic imine (C=N–C) groups is 1. The second-order valence-corrected chi connectivity index (χ2v) is 7.20. The summed E-state index contributed by atoms with van der Waals surface area (Å²) in [5, 5.41) is 10.6. The van der Waals surface area contributed by atoms with Gasteiger partial charge in [-0.25, -0.2) is 4.79 Å². The van der Waals surface area contributed by atoms with Gasteiger partial charge in [0.1, 0.15) is 5.60 Å². The second-order valence-electron chi connectivity index (χ2n) is 7.20. The number of nitrogens with zero attached hydrogens (tertiary/aromatic N) is 4. The normalized spacial score (nSPS) is 14.4. The van der Waals surface area contributed by atoms with E-state index >= 15 is 0 Å². The topological polar surface area (TPSA) is 83.8 Å². The molecule has 0 aliphatic heterocycles. The molecule has 0 bridgehead atoms. The third-order valence-corrected chi connectivity index (χ3v) is 3.84. The molecule has 148 valence electrons. The number of amides is 1. The van der Waals surface area contributed by atoms with Crippen molar-refractivity contribution >= 4 is 36.0 Å². The van der Waals surface area contributed by atoms with E-state index < -0.39 is 5.60 Å². The summed E-state index contributed by atoms with van der Waals surface area (Å²) in [4.78, 5) is 18.3. The summed E-state index contributed by atoms with van der Waals surface area (Å²) < 4.78 is 7.32. The SMILES string of the molecule is CN=C(NCCN(C(=O)OC(C)(C)C)C1CC1)NCc1ccnn1C.I. The van der Waals surface area contributed by atoms with Gasteiger partial charge in [0.2, 0.25) is 0 Å². The predicted molar refractivity (Wildman–Crippen MR) is 113 cm³/mol. The monoisotopic (exact) mass is 478 g/mol. The molecule has 1 aromatic heterocycles. The summed E-state index contributed by atoms with van der Waals surface area (Å²) in [5.41, 5.74) is 0.592. The van der Waals surface area contributed by atoms with Crippen LogP contribution < -0.4 is 10.6 Å². The van der Waals surface area contributed by atoms with Crippen LogP contribution in [0, 0.1) is 0 Å². The van der Waals surface area contributed by atoms with Gasteiger partial charge in [-0.05, 0) is 39.7 Å². The molecule has 1 fully saturated rings. The van der Waals surface area contributed by atoms with E-state index in [9.17, 15) is 4.79 Å². The van der Waals surface area contributed by atoms with Crippen LogP contribution in [0.1, 0.15) is 39.3 Å². The van der Waals surface area contributed by atoms with Crippen LogP contribution in [0.4, 0.5) is 4.79 Å². The van der Waals surface area contributed by atoms with Crippen molar-refractivity contribution in [2.45, 2.75) is 51.8 Å². The Hall–Kier alpha value is -1.52. The van der Waals surface area contributed by atoms with Gasteiger partial charge in [0.05, 0.1) is 12.2 Å². The lowest BCUT2D eigenvalue weighted by molar-refractivity contribution is 0.0238. The van der Waals surface area contributed by atoms with Gasteiger partial charge in [0, 0.05) is 39.4 Å². The summed E-state index contributed by atoms with van der Waals surface area (Å²) in [7, 11) is 3.63. The van der Waals surface area contributed by atoms with Gasteiger partial charge in [-0.3, -0.25) is 9.67 Å². The van der Waals surface area contributed by atoms with E-state index in [-0.39, 0.29) is 30.1 Å². The minimum absolute atomic E-state index is 0. The number of nitrogens with one attached hydrogen (secondary N) is 2. The van der Waals surface area contributed by atoms with Crippen molar-refractivity contribution in [3.8, 4) is 0 Å². The Balaban J connectivity index is 0.00000338. The van der Waals surface area contributed by atoms with E-state index in [1.807, 2.05) is 43.5 Å². The summed E-state index contributed by atoms with van der Waals surface area (Å²) in [5.74, 6) is 0.695. The number of rotatable bonds is 6. The molecule has 0 radical (unpaired) electrons. The first-order valence-electron chi connectivity index (χ1n) is 8.71. The Bertz CT molecular complexity index is 607. The lowest BCUT2D eigenvalue weighted by Gasteiger charge is -2.27. The molecule has 1 aliphatic carbocycles. The molecule has 2 N–H and O–H groups in total. The maximum Gasteiger partial charge on any atom is 0.410 e. The number of carbonyl (C=O) groups excluding carboxylic acids is 1. The summed E-state index contributed by atoms with van der Waals surface area (Å²) in [6.07, 6.45) is 3.62.